The Morgan fingerprint density at radius 1 is 1.19 bits per heavy atom. The van der Waals surface area contributed by atoms with Gasteiger partial charge in [-0.05, 0) is 36.5 Å². The molecule has 2 heteroatoms. The number of aliphatic hydroxyl groups is 1. The molecule has 96 valence electrons. The molecule has 2 nitrogen and oxygen atoms in total. The van der Waals surface area contributed by atoms with E-state index in [1.807, 2.05) is 0 Å². The van der Waals surface area contributed by atoms with Gasteiger partial charge in [0.15, 0.2) is 0 Å². The van der Waals surface area contributed by atoms with Crippen LogP contribution in [-0.2, 0) is 0 Å². The second kappa shape index (κ2) is 6.02. The third kappa shape index (κ3) is 4.06. The molecule has 0 saturated heterocycles. The highest BCUT2D eigenvalue weighted by Gasteiger charge is 2.28. The Balaban J connectivity index is 2.40. The Morgan fingerprint density at radius 2 is 1.75 bits per heavy atom. The van der Waals surface area contributed by atoms with Crippen molar-refractivity contribution in [1.29, 1.82) is 0 Å². The average molecular weight is 227 g/mol. The summed E-state index contributed by atoms with van der Waals surface area (Å²) < 4.78 is 0. The van der Waals surface area contributed by atoms with Crippen LogP contribution in [0.1, 0.15) is 53.4 Å². The van der Waals surface area contributed by atoms with E-state index in [0.29, 0.717) is 12.6 Å². The number of nitrogens with one attached hydrogen (secondary N) is 1. The molecule has 2 N–H and O–H groups in total. The summed E-state index contributed by atoms with van der Waals surface area (Å²) in [7, 11) is 0. The summed E-state index contributed by atoms with van der Waals surface area (Å²) in [6.07, 6.45) is 5.00. The monoisotopic (exact) mass is 227 g/mol. The van der Waals surface area contributed by atoms with Crippen LogP contribution in [0.25, 0.3) is 0 Å². The van der Waals surface area contributed by atoms with Gasteiger partial charge in [0.2, 0.25) is 0 Å². The number of hydrogen-bond donors (Lipinski definition) is 2. The first-order valence-electron chi connectivity index (χ1n) is 6.80. The molecule has 1 saturated carbocycles. The lowest BCUT2D eigenvalue weighted by atomic mass is 9.78. The predicted molar refractivity (Wildman–Crippen MR) is 69.5 cm³/mol. The summed E-state index contributed by atoms with van der Waals surface area (Å²) in [4.78, 5) is 0. The Hall–Kier alpha value is -0.0800. The first kappa shape index (κ1) is 14.0. The normalized spacial score (nSPS) is 31.7. The van der Waals surface area contributed by atoms with Gasteiger partial charge in [0, 0.05) is 19.2 Å². The van der Waals surface area contributed by atoms with Crippen LogP contribution in [0.2, 0.25) is 0 Å². The highest BCUT2D eigenvalue weighted by Crippen LogP contribution is 2.29. The Bertz CT molecular complexity index is 193. The second-order valence-corrected chi connectivity index (χ2v) is 6.43. The fraction of sp³-hybridized carbons (Fsp3) is 1.00. The maximum atomic E-state index is 9.02. The summed E-state index contributed by atoms with van der Waals surface area (Å²) >= 11 is 0. The molecular formula is C14H29NO. The molecule has 1 aliphatic rings. The zero-order valence-corrected chi connectivity index (χ0v) is 11.4. The highest BCUT2D eigenvalue weighted by atomic mass is 16.3. The van der Waals surface area contributed by atoms with Crippen molar-refractivity contribution in [3.63, 3.8) is 0 Å². The molecule has 0 amide bonds. The van der Waals surface area contributed by atoms with Crippen molar-refractivity contribution in [2.24, 2.45) is 17.3 Å². The van der Waals surface area contributed by atoms with Gasteiger partial charge in [-0.25, -0.2) is 0 Å². The van der Waals surface area contributed by atoms with Crippen LogP contribution in [0, 0.1) is 17.3 Å². The highest BCUT2D eigenvalue weighted by molar-refractivity contribution is 4.85. The first-order chi connectivity index (χ1) is 7.46. The molecule has 0 aromatic rings. The molecule has 0 bridgehead atoms. The van der Waals surface area contributed by atoms with Crippen LogP contribution >= 0.6 is 0 Å². The van der Waals surface area contributed by atoms with Gasteiger partial charge in [0.1, 0.15) is 0 Å². The molecule has 0 heterocycles. The van der Waals surface area contributed by atoms with Gasteiger partial charge < -0.3 is 10.4 Å². The van der Waals surface area contributed by atoms with E-state index in [1.54, 1.807) is 0 Å². The molecule has 1 fully saturated rings. The second-order valence-electron chi connectivity index (χ2n) is 6.43. The van der Waals surface area contributed by atoms with E-state index in [2.05, 4.69) is 33.0 Å². The lowest BCUT2D eigenvalue weighted by Gasteiger charge is -2.37. The van der Waals surface area contributed by atoms with Gasteiger partial charge in [-0.2, -0.15) is 0 Å². The Morgan fingerprint density at radius 3 is 2.25 bits per heavy atom. The zero-order chi connectivity index (χ0) is 12.2. The van der Waals surface area contributed by atoms with Crippen molar-refractivity contribution in [2.75, 3.05) is 13.2 Å². The minimum absolute atomic E-state index is 0.214. The van der Waals surface area contributed by atoms with Crippen LogP contribution in [0.15, 0.2) is 0 Å². The van der Waals surface area contributed by atoms with Gasteiger partial charge in [-0.15, -0.1) is 0 Å². The summed E-state index contributed by atoms with van der Waals surface area (Å²) in [5.74, 6) is 1.60. The van der Waals surface area contributed by atoms with E-state index in [-0.39, 0.29) is 5.41 Å². The van der Waals surface area contributed by atoms with E-state index >= 15 is 0 Å². The minimum Gasteiger partial charge on any atom is -0.396 e. The molecule has 0 aromatic carbocycles. The fourth-order valence-electron chi connectivity index (χ4n) is 2.87. The molecule has 0 radical (unpaired) electrons. The maximum Gasteiger partial charge on any atom is 0.0436 e. The smallest absolute Gasteiger partial charge is 0.0436 e. The number of hydrogen-bond acceptors (Lipinski definition) is 2. The van der Waals surface area contributed by atoms with Crippen LogP contribution < -0.4 is 5.32 Å². The first-order valence-corrected chi connectivity index (χ1v) is 6.80. The van der Waals surface area contributed by atoms with Crippen LogP contribution in [0.3, 0.4) is 0 Å². The van der Waals surface area contributed by atoms with Gasteiger partial charge in [0.05, 0.1) is 0 Å². The SMILES string of the molecule is CC1CCCC(C)C1NCC(C)(C)CCO. The van der Waals surface area contributed by atoms with Crippen LogP contribution in [0.5, 0.6) is 0 Å². The quantitative estimate of drug-likeness (QED) is 0.757. The third-order valence-corrected chi connectivity index (χ3v) is 4.15. The van der Waals surface area contributed by atoms with E-state index in [1.165, 1.54) is 19.3 Å². The van der Waals surface area contributed by atoms with Crippen molar-refractivity contribution in [2.45, 2.75) is 59.4 Å². The lowest BCUT2D eigenvalue weighted by molar-refractivity contribution is 0.164. The average Bonchev–Trinajstić information content (AvgIpc) is 2.16. The summed E-state index contributed by atoms with van der Waals surface area (Å²) in [5, 5.41) is 12.8. The molecule has 1 aliphatic carbocycles. The van der Waals surface area contributed by atoms with E-state index in [9.17, 15) is 0 Å². The Labute approximate surface area is 101 Å². The summed E-state index contributed by atoms with van der Waals surface area (Å²) in [6.45, 7) is 10.5. The zero-order valence-electron chi connectivity index (χ0n) is 11.4. The van der Waals surface area contributed by atoms with E-state index in [4.69, 9.17) is 5.11 Å². The molecule has 0 aromatic heterocycles. The molecule has 0 aliphatic heterocycles. The lowest BCUT2D eigenvalue weighted by Crippen LogP contribution is -2.46. The van der Waals surface area contributed by atoms with Crippen molar-refractivity contribution in [3.05, 3.63) is 0 Å². The summed E-state index contributed by atoms with van der Waals surface area (Å²) in [6, 6.07) is 0.673. The topological polar surface area (TPSA) is 32.3 Å². The van der Waals surface area contributed by atoms with Crippen LogP contribution in [0.4, 0.5) is 0 Å². The van der Waals surface area contributed by atoms with Crippen LogP contribution in [-0.4, -0.2) is 24.3 Å². The van der Waals surface area contributed by atoms with Crippen molar-refractivity contribution in [1.82, 2.24) is 5.32 Å². The predicted octanol–water partition coefficient (Wildman–Crippen LogP) is 2.81. The van der Waals surface area contributed by atoms with Gasteiger partial charge in [-0.1, -0.05) is 34.1 Å². The Kier molecular flexibility index (Phi) is 5.26. The number of aliphatic hydroxyl groups excluding tert-OH is 1. The largest absolute Gasteiger partial charge is 0.396 e. The molecular weight excluding hydrogens is 198 g/mol. The fourth-order valence-corrected chi connectivity index (χ4v) is 2.87. The van der Waals surface area contributed by atoms with E-state index < -0.39 is 0 Å². The molecule has 2 atom stereocenters. The maximum absolute atomic E-state index is 9.02. The van der Waals surface area contributed by atoms with Crippen molar-refractivity contribution >= 4 is 0 Å². The minimum atomic E-state index is 0.214. The van der Waals surface area contributed by atoms with Gasteiger partial charge >= 0.3 is 0 Å². The molecule has 1 rings (SSSR count). The number of rotatable bonds is 5. The summed E-state index contributed by atoms with van der Waals surface area (Å²) in [5.41, 5.74) is 0.214. The standard InChI is InChI=1S/C14H29NO/c1-11-6-5-7-12(2)13(11)15-10-14(3,4)8-9-16/h11-13,15-16H,5-10H2,1-4H3. The third-order valence-electron chi connectivity index (χ3n) is 4.15. The van der Waals surface area contributed by atoms with Crippen molar-refractivity contribution in [3.8, 4) is 0 Å². The van der Waals surface area contributed by atoms with E-state index in [0.717, 1.165) is 24.8 Å². The molecule has 16 heavy (non-hydrogen) atoms. The van der Waals surface area contributed by atoms with Gasteiger partial charge in [0.25, 0.3) is 0 Å². The molecule has 0 spiro atoms. The van der Waals surface area contributed by atoms with Crippen molar-refractivity contribution < 1.29 is 5.11 Å². The van der Waals surface area contributed by atoms with Gasteiger partial charge in [-0.3, -0.25) is 0 Å². The molecule has 2 unspecified atom stereocenters.